The minimum absolute atomic E-state index is 0.0420. The number of aromatic nitrogens is 3. The summed E-state index contributed by atoms with van der Waals surface area (Å²) in [7, 11) is 0. The first-order valence-corrected chi connectivity index (χ1v) is 10.1. The molecule has 0 bridgehead atoms. The van der Waals surface area contributed by atoms with Crippen LogP contribution in [0.1, 0.15) is 48.1 Å². The Kier molecular flexibility index (Phi) is 5.62. The third-order valence-corrected chi connectivity index (χ3v) is 5.01. The van der Waals surface area contributed by atoms with Crippen LogP contribution in [0, 0.1) is 0 Å². The van der Waals surface area contributed by atoms with Gasteiger partial charge in [-0.25, -0.2) is 0 Å². The Morgan fingerprint density at radius 1 is 1.00 bits per heavy atom. The van der Waals surface area contributed by atoms with Crippen LogP contribution in [-0.4, -0.2) is 21.0 Å². The van der Waals surface area contributed by atoms with Gasteiger partial charge in [0.05, 0.1) is 6.42 Å². The predicted molar refractivity (Wildman–Crippen MR) is 120 cm³/mol. The molecule has 2 aromatic carbocycles. The zero-order valence-corrected chi connectivity index (χ0v) is 17.8. The summed E-state index contributed by atoms with van der Waals surface area (Å²) in [6, 6.07) is 19.0. The van der Waals surface area contributed by atoms with Crippen LogP contribution >= 0.6 is 0 Å². The smallest absolute Gasteiger partial charge is 0.255 e. The molecule has 1 N–H and O–H groups in total. The number of amides is 1. The highest BCUT2D eigenvalue weighted by Gasteiger charge is 2.16. The van der Waals surface area contributed by atoms with Crippen molar-refractivity contribution in [2.24, 2.45) is 0 Å². The summed E-state index contributed by atoms with van der Waals surface area (Å²) in [5.74, 6) is 0.799. The number of rotatable bonds is 5. The van der Waals surface area contributed by atoms with E-state index in [0.29, 0.717) is 29.4 Å². The van der Waals surface area contributed by atoms with Crippen LogP contribution in [0.2, 0.25) is 0 Å². The fourth-order valence-electron chi connectivity index (χ4n) is 3.21. The highest BCUT2D eigenvalue weighted by molar-refractivity contribution is 6.04. The van der Waals surface area contributed by atoms with Crippen molar-refractivity contribution in [3.8, 4) is 11.4 Å². The number of para-hydroxylation sites is 1. The van der Waals surface area contributed by atoms with Gasteiger partial charge in [0.1, 0.15) is 0 Å². The van der Waals surface area contributed by atoms with E-state index in [1.807, 2.05) is 60.7 Å². The fraction of sp³-hybridized carbons (Fsp3) is 0.200. The van der Waals surface area contributed by atoms with Crippen molar-refractivity contribution in [2.75, 3.05) is 5.32 Å². The van der Waals surface area contributed by atoms with Crippen molar-refractivity contribution in [2.45, 2.75) is 32.6 Å². The molecule has 0 radical (unpaired) electrons. The zero-order chi connectivity index (χ0) is 21.8. The van der Waals surface area contributed by atoms with E-state index < -0.39 is 0 Å². The number of nitrogens with one attached hydrogen (secondary N) is 1. The van der Waals surface area contributed by atoms with Crippen LogP contribution in [0.25, 0.3) is 11.4 Å². The second kappa shape index (κ2) is 8.52. The van der Waals surface area contributed by atoms with Crippen molar-refractivity contribution in [3.63, 3.8) is 0 Å². The number of hydrogen-bond acceptors (Lipinski definition) is 5. The molecule has 0 unspecified atom stereocenters. The third kappa shape index (κ3) is 4.86. The monoisotopic (exact) mass is 412 g/mol. The Labute approximate surface area is 181 Å². The molecule has 2 heterocycles. The molecule has 0 atom stereocenters. The van der Waals surface area contributed by atoms with Crippen molar-refractivity contribution >= 4 is 11.6 Å². The largest absolute Gasteiger partial charge is 0.339 e. The lowest BCUT2D eigenvalue weighted by Gasteiger charge is -2.19. The molecule has 0 saturated heterocycles. The average molecular weight is 412 g/mol. The summed E-state index contributed by atoms with van der Waals surface area (Å²) in [6.07, 6.45) is 3.79. The van der Waals surface area contributed by atoms with E-state index in [9.17, 15) is 4.79 Å². The SMILES string of the molecule is CC(C)(C)c1ccc(C(=O)Nc2ccccc2Cc2nc(-c3cccnc3)no2)cc1. The van der Waals surface area contributed by atoms with Gasteiger partial charge >= 0.3 is 0 Å². The van der Waals surface area contributed by atoms with Crippen molar-refractivity contribution in [1.29, 1.82) is 0 Å². The van der Waals surface area contributed by atoms with Gasteiger partial charge in [-0.1, -0.05) is 56.3 Å². The van der Waals surface area contributed by atoms with Gasteiger partial charge in [0, 0.05) is 29.2 Å². The highest BCUT2D eigenvalue weighted by atomic mass is 16.5. The predicted octanol–water partition coefficient (Wildman–Crippen LogP) is 5.27. The molecule has 0 aliphatic heterocycles. The van der Waals surface area contributed by atoms with Gasteiger partial charge < -0.3 is 9.84 Å². The molecule has 156 valence electrons. The zero-order valence-electron chi connectivity index (χ0n) is 17.8. The van der Waals surface area contributed by atoms with Crippen LogP contribution < -0.4 is 5.32 Å². The Hall–Kier alpha value is -3.80. The van der Waals surface area contributed by atoms with E-state index in [-0.39, 0.29) is 11.3 Å². The highest BCUT2D eigenvalue weighted by Crippen LogP contribution is 2.24. The van der Waals surface area contributed by atoms with Gasteiger partial charge in [-0.2, -0.15) is 4.98 Å². The summed E-state index contributed by atoms with van der Waals surface area (Å²) >= 11 is 0. The van der Waals surface area contributed by atoms with E-state index in [1.165, 1.54) is 5.56 Å². The molecular formula is C25H24N4O2. The van der Waals surface area contributed by atoms with Crippen molar-refractivity contribution in [3.05, 3.63) is 95.6 Å². The van der Waals surface area contributed by atoms with Crippen LogP contribution in [0.5, 0.6) is 0 Å². The van der Waals surface area contributed by atoms with Crippen LogP contribution in [-0.2, 0) is 11.8 Å². The first-order chi connectivity index (χ1) is 14.9. The Bertz CT molecular complexity index is 1180. The number of benzene rings is 2. The minimum atomic E-state index is -0.158. The summed E-state index contributed by atoms with van der Waals surface area (Å²) < 4.78 is 5.41. The van der Waals surface area contributed by atoms with Crippen LogP contribution in [0.3, 0.4) is 0 Å². The van der Waals surface area contributed by atoms with Gasteiger partial charge in [-0.3, -0.25) is 9.78 Å². The summed E-state index contributed by atoms with van der Waals surface area (Å²) in [6.45, 7) is 6.45. The average Bonchev–Trinajstić information content (AvgIpc) is 3.24. The molecule has 1 amide bonds. The maximum atomic E-state index is 12.8. The van der Waals surface area contributed by atoms with Gasteiger partial charge in [-0.15, -0.1) is 0 Å². The first kappa shape index (κ1) is 20.5. The molecule has 0 spiro atoms. The summed E-state index contributed by atoms with van der Waals surface area (Å²) in [4.78, 5) is 21.3. The Balaban J connectivity index is 1.50. The molecule has 0 aliphatic rings. The van der Waals surface area contributed by atoms with Gasteiger partial charge in [-0.05, 0) is 46.9 Å². The Morgan fingerprint density at radius 2 is 1.77 bits per heavy atom. The summed E-state index contributed by atoms with van der Waals surface area (Å²) in [5.41, 5.74) is 4.24. The number of anilines is 1. The van der Waals surface area contributed by atoms with Gasteiger partial charge in [0.15, 0.2) is 0 Å². The van der Waals surface area contributed by atoms with Crippen molar-refractivity contribution in [1.82, 2.24) is 15.1 Å². The molecule has 0 fully saturated rings. The molecule has 0 aliphatic carbocycles. The molecular weight excluding hydrogens is 388 g/mol. The quantitative estimate of drug-likeness (QED) is 0.483. The molecule has 4 rings (SSSR count). The number of pyridine rings is 1. The summed E-state index contributed by atoms with van der Waals surface area (Å²) in [5, 5.41) is 7.04. The van der Waals surface area contributed by atoms with Crippen molar-refractivity contribution < 1.29 is 9.32 Å². The second-order valence-corrected chi connectivity index (χ2v) is 8.37. The van der Waals surface area contributed by atoms with Gasteiger partial charge in [0.25, 0.3) is 5.91 Å². The lowest BCUT2D eigenvalue weighted by atomic mass is 9.86. The molecule has 6 nitrogen and oxygen atoms in total. The maximum absolute atomic E-state index is 12.8. The lowest BCUT2D eigenvalue weighted by Crippen LogP contribution is -2.15. The third-order valence-electron chi connectivity index (χ3n) is 5.01. The van der Waals surface area contributed by atoms with E-state index in [1.54, 1.807) is 12.4 Å². The van der Waals surface area contributed by atoms with E-state index in [0.717, 1.165) is 11.1 Å². The second-order valence-electron chi connectivity index (χ2n) is 8.37. The topological polar surface area (TPSA) is 80.9 Å². The first-order valence-electron chi connectivity index (χ1n) is 10.1. The number of hydrogen-bond donors (Lipinski definition) is 1. The molecule has 6 heteroatoms. The minimum Gasteiger partial charge on any atom is -0.339 e. The van der Waals surface area contributed by atoms with E-state index in [2.05, 4.69) is 41.2 Å². The number of carbonyl (C=O) groups excluding carboxylic acids is 1. The maximum Gasteiger partial charge on any atom is 0.255 e. The van der Waals surface area contributed by atoms with Gasteiger partial charge in [0.2, 0.25) is 11.7 Å². The lowest BCUT2D eigenvalue weighted by molar-refractivity contribution is 0.102. The van der Waals surface area contributed by atoms with E-state index in [4.69, 9.17) is 4.52 Å². The standard InChI is InChI=1S/C25H24N4O2/c1-25(2,3)20-12-10-17(11-13-20)24(30)27-21-9-5-4-7-18(21)15-22-28-23(29-31-22)19-8-6-14-26-16-19/h4-14,16H,15H2,1-3H3,(H,27,30). The molecule has 0 saturated carbocycles. The Morgan fingerprint density at radius 3 is 2.48 bits per heavy atom. The molecule has 31 heavy (non-hydrogen) atoms. The van der Waals surface area contributed by atoms with Crippen LogP contribution in [0.15, 0.2) is 77.6 Å². The van der Waals surface area contributed by atoms with E-state index >= 15 is 0 Å². The number of nitrogens with zero attached hydrogens (tertiary/aromatic N) is 3. The molecule has 2 aromatic heterocycles. The fourth-order valence-corrected chi connectivity index (χ4v) is 3.21. The normalized spacial score (nSPS) is 11.3. The number of carbonyl (C=O) groups is 1. The molecule has 4 aromatic rings. The van der Waals surface area contributed by atoms with Crippen LogP contribution in [0.4, 0.5) is 5.69 Å².